The Kier molecular flexibility index (Phi) is 5.63. The van der Waals surface area contributed by atoms with Gasteiger partial charge in [-0.3, -0.25) is 14.6 Å². The van der Waals surface area contributed by atoms with Crippen molar-refractivity contribution in [3.8, 4) is 0 Å². The molecule has 0 atom stereocenters. The van der Waals surface area contributed by atoms with Crippen LogP contribution in [-0.4, -0.2) is 21.6 Å². The average Bonchev–Trinajstić information content (AvgIpc) is 2.28. The molecule has 4 heteroatoms. The number of allylic oxidation sites excluding steroid dienone is 1. The van der Waals surface area contributed by atoms with Crippen LogP contribution in [0.4, 0.5) is 0 Å². The molecule has 3 nitrogen and oxygen atoms in total. The fraction of sp³-hybridized carbons (Fsp3) is 0.308. The molecule has 0 unspecified atom stereocenters. The summed E-state index contributed by atoms with van der Waals surface area (Å²) in [4.78, 5) is 25.8. The van der Waals surface area contributed by atoms with Crippen molar-refractivity contribution < 1.29 is 9.59 Å². The van der Waals surface area contributed by atoms with E-state index < -0.39 is 0 Å². The van der Waals surface area contributed by atoms with Gasteiger partial charge in [-0.25, -0.2) is 0 Å². The minimum Gasteiger partial charge on any atom is -0.294 e. The van der Waals surface area contributed by atoms with E-state index in [4.69, 9.17) is 0 Å². The molecule has 0 spiro atoms. The van der Waals surface area contributed by atoms with Crippen molar-refractivity contribution in [2.75, 3.05) is 5.75 Å². The molecule has 0 amide bonds. The SMILES string of the molecule is CC(=O)SCCC=Cc1cncc(C(C)=O)c1. The third kappa shape index (κ3) is 5.45. The van der Waals surface area contributed by atoms with Crippen LogP contribution in [-0.2, 0) is 4.79 Å². The van der Waals surface area contributed by atoms with E-state index in [2.05, 4.69) is 4.98 Å². The molecule has 0 saturated heterocycles. The Morgan fingerprint density at radius 2 is 2.12 bits per heavy atom. The second-order valence-electron chi connectivity index (χ2n) is 3.59. The number of thioether (sulfide) groups is 1. The Morgan fingerprint density at radius 3 is 2.76 bits per heavy atom. The zero-order valence-electron chi connectivity index (χ0n) is 9.97. The van der Waals surface area contributed by atoms with E-state index in [1.54, 1.807) is 19.3 Å². The van der Waals surface area contributed by atoms with Crippen molar-refractivity contribution in [2.24, 2.45) is 0 Å². The van der Waals surface area contributed by atoms with Crippen LogP contribution in [0.15, 0.2) is 24.5 Å². The largest absolute Gasteiger partial charge is 0.294 e. The van der Waals surface area contributed by atoms with E-state index in [1.807, 2.05) is 18.2 Å². The standard InChI is InChI=1S/C13H15NO2S/c1-10(15)13-7-12(8-14-9-13)5-3-4-6-17-11(2)16/h3,5,7-9H,4,6H2,1-2H3. The quantitative estimate of drug-likeness (QED) is 0.594. The number of hydrogen-bond donors (Lipinski definition) is 0. The molecule has 0 N–H and O–H groups in total. The molecular formula is C13H15NO2S. The molecule has 0 aliphatic rings. The van der Waals surface area contributed by atoms with Crippen molar-refractivity contribution in [3.05, 3.63) is 35.7 Å². The molecule has 17 heavy (non-hydrogen) atoms. The number of rotatable bonds is 5. The van der Waals surface area contributed by atoms with Crippen molar-refractivity contribution in [1.29, 1.82) is 0 Å². The number of aromatic nitrogens is 1. The summed E-state index contributed by atoms with van der Waals surface area (Å²) >= 11 is 1.31. The number of pyridine rings is 1. The molecule has 1 aromatic heterocycles. The topological polar surface area (TPSA) is 47.0 Å². The summed E-state index contributed by atoms with van der Waals surface area (Å²) in [5.41, 5.74) is 1.52. The normalized spacial score (nSPS) is 10.7. The van der Waals surface area contributed by atoms with Crippen molar-refractivity contribution >= 4 is 28.7 Å². The first-order valence-electron chi connectivity index (χ1n) is 5.35. The van der Waals surface area contributed by atoms with E-state index in [9.17, 15) is 9.59 Å². The number of nitrogens with zero attached hydrogens (tertiary/aromatic N) is 1. The van der Waals surface area contributed by atoms with Gasteiger partial charge in [0.2, 0.25) is 0 Å². The number of ketones is 1. The average molecular weight is 249 g/mol. The van der Waals surface area contributed by atoms with Crippen LogP contribution >= 0.6 is 11.8 Å². The van der Waals surface area contributed by atoms with Crippen molar-refractivity contribution in [3.63, 3.8) is 0 Å². The minimum absolute atomic E-state index is 0.0138. The molecule has 1 aromatic rings. The van der Waals surface area contributed by atoms with Gasteiger partial charge in [-0.15, -0.1) is 0 Å². The lowest BCUT2D eigenvalue weighted by atomic mass is 10.1. The maximum atomic E-state index is 11.1. The molecule has 0 aromatic carbocycles. The molecule has 0 aliphatic carbocycles. The van der Waals surface area contributed by atoms with E-state index in [-0.39, 0.29) is 10.9 Å². The summed E-state index contributed by atoms with van der Waals surface area (Å²) in [6, 6.07) is 1.81. The number of carbonyl (C=O) groups is 2. The van der Waals surface area contributed by atoms with E-state index in [0.29, 0.717) is 5.56 Å². The monoisotopic (exact) mass is 249 g/mol. The van der Waals surface area contributed by atoms with Gasteiger partial charge in [0.25, 0.3) is 0 Å². The highest BCUT2D eigenvalue weighted by Gasteiger charge is 1.99. The van der Waals surface area contributed by atoms with Gasteiger partial charge in [0, 0.05) is 30.6 Å². The molecular weight excluding hydrogens is 234 g/mol. The number of hydrogen-bond acceptors (Lipinski definition) is 4. The number of carbonyl (C=O) groups excluding carboxylic acids is 2. The molecule has 0 fully saturated rings. The van der Waals surface area contributed by atoms with Crippen LogP contribution in [0.5, 0.6) is 0 Å². The summed E-state index contributed by atoms with van der Waals surface area (Å²) in [5, 5.41) is 0.138. The summed E-state index contributed by atoms with van der Waals surface area (Å²) in [6.07, 6.45) is 8.00. The van der Waals surface area contributed by atoms with Crippen molar-refractivity contribution in [1.82, 2.24) is 4.98 Å². The predicted molar refractivity (Wildman–Crippen MR) is 71.0 cm³/mol. The fourth-order valence-electron chi connectivity index (χ4n) is 1.23. The van der Waals surface area contributed by atoms with Crippen LogP contribution < -0.4 is 0 Å². The second-order valence-corrected chi connectivity index (χ2v) is 4.87. The molecule has 0 bridgehead atoms. The second kappa shape index (κ2) is 7.01. The Hall–Kier alpha value is -1.42. The van der Waals surface area contributed by atoms with Crippen LogP contribution in [0.1, 0.15) is 36.2 Å². The Balaban J connectivity index is 2.50. The highest BCUT2D eigenvalue weighted by atomic mass is 32.2. The molecule has 1 rings (SSSR count). The summed E-state index contributed by atoms with van der Waals surface area (Å²) in [6.45, 7) is 3.09. The van der Waals surface area contributed by atoms with Crippen LogP contribution in [0.2, 0.25) is 0 Å². The van der Waals surface area contributed by atoms with Gasteiger partial charge in [-0.05, 0) is 25.0 Å². The third-order valence-corrected chi connectivity index (χ3v) is 2.91. The van der Waals surface area contributed by atoms with Crippen LogP contribution in [0.25, 0.3) is 6.08 Å². The van der Waals surface area contributed by atoms with Gasteiger partial charge in [0.05, 0.1) is 0 Å². The third-order valence-electron chi connectivity index (χ3n) is 2.07. The number of Topliss-reactive ketones (excluding diaryl/α,β-unsaturated/α-hetero) is 1. The Labute approximate surface area is 105 Å². The van der Waals surface area contributed by atoms with Gasteiger partial charge in [-0.1, -0.05) is 23.9 Å². The summed E-state index contributed by atoms with van der Waals surface area (Å²) in [7, 11) is 0. The fourth-order valence-corrected chi connectivity index (χ4v) is 1.77. The van der Waals surface area contributed by atoms with E-state index in [1.165, 1.54) is 18.7 Å². The van der Waals surface area contributed by atoms with Gasteiger partial charge in [-0.2, -0.15) is 0 Å². The lowest BCUT2D eigenvalue weighted by molar-refractivity contribution is -0.109. The molecule has 1 heterocycles. The zero-order valence-corrected chi connectivity index (χ0v) is 10.8. The lowest BCUT2D eigenvalue weighted by Gasteiger charge is -1.97. The van der Waals surface area contributed by atoms with E-state index >= 15 is 0 Å². The minimum atomic E-state index is 0.0138. The zero-order chi connectivity index (χ0) is 12.7. The summed E-state index contributed by atoms with van der Waals surface area (Å²) < 4.78 is 0. The maximum Gasteiger partial charge on any atom is 0.185 e. The molecule has 0 radical (unpaired) electrons. The van der Waals surface area contributed by atoms with Crippen LogP contribution in [0.3, 0.4) is 0 Å². The highest BCUT2D eigenvalue weighted by Crippen LogP contribution is 2.08. The van der Waals surface area contributed by atoms with Gasteiger partial charge >= 0.3 is 0 Å². The van der Waals surface area contributed by atoms with Gasteiger partial charge in [0.1, 0.15) is 0 Å². The highest BCUT2D eigenvalue weighted by molar-refractivity contribution is 8.13. The lowest BCUT2D eigenvalue weighted by Crippen LogP contribution is -1.93. The predicted octanol–water partition coefficient (Wildman–Crippen LogP) is 2.97. The first-order valence-corrected chi connectivity index (χ1v) is 6.34. The Morgan fingerprint density at radius 1 is 1.35 bits per heavy atom. The van der Waals surface area contributed by atoms with E-state index in [0.717, 1.165) is 17.7 Å². The maximum absolute atomic E-state index is 11.1. The van der Waals surface area contributed by atoms with Gasteiger partial charge < -0.3 is 0 Å². The molecule has 0 saturated carbocycles. The van der Waals surface area contributed by atoms with Crippen LogP contribution in [0, 0.1) is 0 Å². The first kappa shape index (κ1) is 13.6. The van der Waals surface area contributed by atoms with Crippen molar-refractivity contribution in [2.45, 2.75) is 20.3 Å². The first-order chi connectivity index (χ1) is 8.09. The summed E-state index contributed by atoms with van der Waals surface area (Å²) in [5.74, 6) is 0.797. The Bertz CT molecular complexity index is 441. The van der Waals surface area contributed by atoms with Gasteiger partial charge in [0.15, 0.2) is 10.9 Å². The molecule has 90 valence electrons. The molecule has 0 aliphatic heterocycles. The smallest absolute Gasteiger partial charge is 0.185 e.